The first-order valence-corrected chi connectivity index (χ1v) is 15.3. The summed E-state index contributed by atoms with van der Waals surface area (Å²) in [7, 11) is 0. The lowest BCUT2D eigenvalue weighted by molar-refractivity contribution is -0.148. The average molecular weight is 572 g/mol. The van der Waals surface area contributed by atoms with Crippen LogP contribution >= 0.6 is 0 Å². The highest BCUT2D eigenvalue weighted by molar-refractivity contribution is 5.92. The lowest BCUT2D eigenvalue weighted by atomic mass is 9.77. The van der Waals surface area contributed by atoms with Crippen molar-refractivity contribution in [3.8, 4) is 0 Å². The number of amides is 3. The Morgan fingerprint density at radius 3 is 2.44 bits per heavy atom. The molecule has 3 N–H and O–H groups in total. The third-order valence-electron chi connectivity index (χ3n) is 8.08. The zero-order chi connectivity index (χ0) is 30.0. The lowest BCUT2D eigenvalue weighted by Gasteiger charge is -2.41. The standard InChI is InChI=1S/C32H49N3O6/c1-22(2)20-25(33-31(39)26(35-19-11-15-28(35)36)21-24-12-6-5-7-13-24)30(38)34-27-14-8-9-17-32(27,40)18-10-16-29(37)41-23(3)4/h5-7,12-13,22-23,25-27,40H,8-11,14-21H2,1-4H3,(H,33,39)(H,34,38). The predicted molar refractivity (Wildman–Crippen MR) is 157 cm³/mol. The number of nitrogens with zero attached hydrogens (tertiary/aromatic N) is 1. The van der Waals surface area contributed by atoms with Crippen LogP contribution < -0.4 is 10.6 Å². The van der Waals surface area contributed by atoms with Crippen LogP contribution in [0, 0.1) is 5.92 Å². The number of likely N-dealkylation sites (tertiary alicyclic amines) is 1. The van der Waals surface area contributed by atoms with Gasteiger partial charge in [-0.05, 0) is 63.9 Å². The Balaban J connectivity index is 1.70. The Kier molecular flexibility index (Phi) is 12.2. The summed E-state index contributed by atoms with van der Waals surface area (Å²) in [5.41, 5.74) is -0.183. The molecule has 3 rings (SSSR count). The summed E-state index contributed by atoms with van der Waals surface area (Å²) in [6, 6.07) is 7.62. The van der Waals surface area contributed by atoms with E-state index in [0.717, 1.165) is 18.4 Å². The predicted octanol–water partition coefficient (Wildman–Crippen LogP) is 3.66. The molecule has 1 aliphatic heterocycles. The second-order valence-electron chi connectivity index (χ2n) is 12.4. The van der Waals surface area contributed by atoms with Crippen LogP contribution in [0.15, 0.2) is 30.3 Å². The van der Waals surface area contributed by atoms with E-state index in [0.29, 0.717) is 57.9 Å². The minimum absolute atomic E-state index is 0.0458. The second kappa shape index (κ2) is 15.3. The minimum Gasteiger partial charge on any atom is -0.463 e. The zero-order valence-corrected chi connectivity index (χ0v) is 25.2. The van der Waals surface area contributed by atoms with Gasteiger partial charge in [0.2, 0.25) is 17.7 Å². The van der Waals surface area contributed by atoms with E-state index in [2.05, 4.69) is 10.6 Å². The number of benzene rings is 1. The number of esters is 1. The molecule has 1 heterocycles. The van der Waals surface area contributed by atoms with Gasteiger partial charge in [-0.1, -0.05) is 57.0 Å². The van der Waals surface area contributed by atoms with Gasteiger partial charge in [0.05, 0.1) is 17.7 Å². The summed E-state index contributed by atoms with van der Waals surface area (Å²) in [6.07, 6.45) is 5.68. The summed E-state index contributed by atoms with van der Waals surface area (Å²) >= 11 is 0. The summed E-state index contributed by atoms with van der Waals surface area (Å²) in [4.78, 5) is 53.6. The summed E-state index contributed by atoms with van der Waals surface area (Å²) in [6.45, 7) is 8.11. The number of nitrogens with one attached hydrogen (secondary N) is 2. The van der Waals surface area contributed by atoms with Gasteiger partial charge >= 0.3 is 5.97 Å². The molecular weight excluding hydrogens is 522 g/mol. The number of carbonyl (C=O) groups excluding carboxylic acids is 4. The van der Waals surface area contributed by atoms with Crippen molar-refractivity contribution in [3.63, 3.8) is 0 Å². The third-order valence-corrected chi connectivity index (χ3v) is 8.08. The quantitative estimate of drug-likeness (QED) is 0.293. The van der Waals surface area contributed by atoms with E-state index in [9.17, 15) is 24.3 Å². The van der Waals surface area contributed by atoms with Crippen molar-refractivity contribution in [1.29, 1.82) is 0 Å². The first-order valence-electron chi connectivity index (χ1n) is 15.3. The van der Waals surface area contributed by atoms with Crippen molar-refractivity contribution in [1.82, 2.24) is 15.5 Å². The maximum atomic E-state index is 13.7. The van der Waals surface area contributed by atoms with Gasteiger partial charge in [0.25, 0.3) is 0 Å². The molecule has 1 saturated heterocycles. The largest absolute Gasteiger partial charge is 0.463 e. The molecular formula is C32H49N3O6. The van der Waals surface area contributed by atoms with Crippen LogP contribution in [0.3, 0.4) is 0 Å². The van der Waals surface area contributed by atoms with Crippen molar-refractivity contribution in [2.45, 2.75) is 128 Å². The molecule has 0 radical (unpaired) electrons. The smallest absolute Gasteiger partial charge is 0.306 e. The van der Waals surface area contributed by atoms with Gasteiger partial charge in [-0.15, -0.1) is 0 Å². The Morgan fingerprint density at radius 1 is 1.07 bits per heavy atom. The molecule has 3 amide bonds. The SMILES string of the molecule is CC(C)CC(NC(=O)C(Cc1ccccc1)N1CCCC1=O)C(=O)NC1CCCCC1(O)CCCC(=O)OC(C)C. The molecule has 9 heteroatoms. The van der Waals surface area contributed by atoms with E-state index in [1.54, 1.807) is 18.7 Å². The minimum atomic E-state index is -1.13. The topological polar surface area (TPSA) is 125 Å². The molecule has 4 atom stereocenters. The van der Waals surface area contributed by atoms with E-state index in [-0.39, 0.29) is 42.1 Å². The molecule has 1 saturated carbocycles. The highest BCUT2D eigenvalue weighted by Gasteiger charge is 2.41. The summed E-state index contributed by atoms with van der Waals surface area (Å²) in [5.74, 6) is -0.878. The van der Waals surface area contributed by atoms with Crippen LogP contribution in [-0.2, 0) is 30.3 Å². The number of rotatable bonds is 14. The van der Waals surface area contributed by atoms with Crippen molar-refractivity contribution >= 4 is 23.7 Å². The van der Waals surface area contributed by atoms with Crippen LogP contribution in [0.2, 0.25) is 0 Å². The molecule has 0 aromatic heterocycles. The fraction of sp³-hybridized carbons (Fsp3) is 0.688. The number of aliphatic hydroxyl groups is 1. The number of carbonyl (C=O) groups is 4. The van der Waals surface area contributed by atoms with Gasteiger partial charge < -0.3 is 25.4 Å². The molecule has 0 bridgehead atoms. The Hall–Kier alpha value is -2.94. The highest BCUT2D eigenvalue weighted by atomic mass is 16.5. The van der Waals surface area contributed by atoms with Crippen LogP contribution in [0.25, 0.3) is 0 Å². The fourth-order valence-corrected chi connectivity index (χ4v) is 6.01. The van der Waals surface area contributed by atoms with E-state index in [4.69, 9.17) is 4.74 Å². The van der Waals surface area contributed by atoms with Gasteiger partial charge in [-0.3, -0.25) is 19.2 Å². The Labute approximate surface area is 244 Å². The average Bonchev–Trinajstić information content (AvgIpc) is 3.33. The zero-order valence-electron chi connectivity index (χ0n) is 25.2. The molecule has 1 aromatic rings. The van der Waals surface area contributed by atoms with Crippen molar-refractivity contribution in [3.05, 3.63) is 35.9 Å². The molecule has 9 nitrogen and oxygen atoms in total. The van der Waals surface area contributed by atoms with E-state index in [1.807, 2.05) is 44.2 Å². The molecule has 41 heavy (non-hydrogen) atoms. The van der Waals surface area contributed by atoms with Crippen LogP contribution in [0.5, 0.6) is 0 Å². The highest BCUT2D eigenvalue weighted by Crippen LogP contribution is 2.33. The lowest BCUT2D eigenvalue weighted by Crippen LogP contribution is -2.60. The van der Waals surface area contributed by atoms with Gasteiger partial charge in [0.15, 0.2) is 0 Å². The Bertz CT molecular complexity index is 1030. The Morgan fingerprint density at radius 2 is 1.80 bits per heavy atom. The van der Waals surface area contributed by atoms with Crippen LogP contribution in [0.1, 0.15) is 97.5 Å². The number of hydrogen-bond acceptors (Lipinski definition) is 6. The fourth-order valence-electron chi connectivity index (χ4n) is 6.01. The number of hydrogen-bond donors (Lipinski definition) is 3. The van der Waals surface area contributed by atoms with Crippen LogP contribution in [0.4, 0.5) is 0 Å². The van der Waals surface area contributed by atoms with Crippen LogP contribution in [-0.4, -0.2) is 70.1 Å². The molecule has 2 aliphatic rings. The van der Waals surface area contributed by atoms with Gasteiger partial charge in [-0.2, -0.15) is 0 Å². The normalized spacial score (nSPS) is 22.5. The second-order valence-corrected chi connectivity index (χ2v) is 12.4. The summed E-state index contributed by atoms with van der Waals surface area (Å²) < 4.78 is 5.21. The van der Waals surface area contributed by atoms with Gasteiger partial charge in [-0.25, -0.2) is 0 Å². The van der Waals surface area contributed by atoms with Crippen molar-refractivity contribution in [2.75, 3.05) is 6.54 Å². The van der Waals surface area contributed by atoms with E-state index in [1.165, 1.54) is 0 Å². The first-order chi connectivity index (χ1) is 19.5. The maximum Gasteiger partial charge on any atom is 0.306 e. The first kappa shape index (κ1) is 32.6. The van der Waals surface area contributed by atoms with E-state index < -0.39 is 23.7 Å². The third kappa shape index (κ3) is 9.83. The monoisotopic (exact) mass is 571 g/mol. The van der Waals surface area contributed by atoms with Crippen molar-refractivity contribution in [2.24, 2.45) is 5.92 Å². The summed E-state index contributed by atoms with van der Waals surface area (Å²) in [5, 5.41) is 17.6. The molecule has 4 unspecified atom stereocenters. The molecule has 2 fully saturated rings. The number of ether oxygens (including phenoxy) is 1. The van der Waals surface area contributed by atoms with Crippen molar-refractivity contribution < 1.29 is 29.0 Å². The molecule has 1 aliphatic carbocycles. The van der Waals surface area contributed by atoms with Gasteiger partial charge in [0, 0.05) is 25.8 Å². The molecule has 1 aromatic carbocycles. The maximum absolute atomic E-state index is 13.7. The van der Waals surface area contributed by atoms with Gasteiger partial charge in [0.1, 0.15) is 12.1 Å². The molecule has 228 valence electrons. The van der Waals surface area contributed by atoms with E-state index >= 15 is 0 Å². The molecule has 0 spiro atoms.